The minimum Gasteiger partial charge on any atom is -0.281 e. The normalized spacial score (nSPS) is 16.6. The van der Waals surface area contributed by atoms with Gasteiger partial charge in [0.05, 0.1) is 11.1 Å². The van der Waals surface area contributed by atoms with Crippen molar-refractivity contribution in [3.63, 3.8) is 0 Å². The van der Waals surface area contributed by atoms with E-state index in [-0.39, 0.29) is 11.4 Å². The number of benzene rings is 2. The Bertz CT molecular complexity index is 1070. The van der Waals surface area contributed by atoms with E-state index in [0.717, 1.165) is 27.3 Å². The molecule has 0 atom stereocenters. The van der Waals surface area contributed by atoms with Gasteiger partial charge < -0.3 is 0 Å². The first-order valence-corrected chi connectivity index (χ1v) is 12.1. The van der Waals surface area contributed by atoms with Crippen LogP contribution in [0.4, 0.5) is 0 Å². The van der Waals surface area contributed by atoms with E-state index in [1.165, 1.54) is 17.3 Å². The van der Waals surface area contributed by atoms with Crippen LogP contribution in [-0.2, 0) is 6.42 Å². The molecule has 1 saturated heterocycles. The van der Waals surface area contributed by atoms with Gasteiger partial charge in [-0.1, -0.05) is 72.1 Å². The lowest BCUT2D eigenvalue weighted by Gasteiger charge is -2.30. The Morgan fingerprint density at radius 3 is 2.52 bits per heavy atom. The third-order valence-corrected chi connectivity index (χ3v) is 7.45. The molecular weight excluding hydrogens is 422 g/mol. The number of hydrogen-bond donors (Lipinski definition) is 0. The highest BCUT2D eigenvalue weighted by Crippen LogP contribution is 2.36. The van der Waals surface area contributed by atoms with Crippen LogP contribution >= 0.6 is 23.5 Å². The van der Waals surface area contributed by atoms with Crippen molar-refractivity contribution in [2.75, 3.05) is 12.3 Å². The average molecular weight is 448 g/mol. The number of aromatic nitrogens is 1. The average Bonchev–Trinajstić information content (AvgIpc) is 3.09. The number of carbonyl (C=O) groups excluding carboxylic acids is 1. The molecule has 1 amide bonds. The smallest absolute Gasteiger partial charge is 0.263 e. The van der Waals surface area contributed by atoms with Crippen molar-refractivity contribution in [2.45, 2.75) is 35.7 Å². The molecule has 31 heavy (non-hydrogen) atoms. The van der Waals surface area contributed by atoms with Gasteiger partial charge in [-0.2, -0.15) is 0 Å². The molecule has 1 fully saturated rings. The fraction of sp³-hybridized carbons (Fsp3) is 0.240. The molecule has 0 N–H and O–H groups in total. The molecule has 1 aromatic heterocycles. The minimum absolute atomic E-state index is 0.0417. The predicted molar refractivity (Wildman–Crippen MR) is 130 cm³/mol. The SMILES string of the molecule is CC1(C)CSC(=NCCc2ccccc2)N1C(=O)c1cccnc1Sc1ccccc1. The second-order valence-electron chi connectivity index (χ2n) is 7.91. The van der Waals surface area contributed by atoms with Crippen LogP contribution in [0.25, 0.3) is 0 Å². The first-order chi connectivity index (χ1) is 15.0. The molecule has 0 bridgehead atoms. The van der Waals surface area contributed by atoms with Crippen LogP contribution in [0, 0.1) is 0 Å². The second kappa shape index (κ2) is 9.71. The quantitative estimate of drug-likeness (QED) is 0.479. The number of rotatable bonds is 6. The van der Waals surface area contributed by atoms with Gasteiger partial charge in [0.25, 0.3) is 5.91 Å². The second-order valence-corrected chi connectivity index (χ2v) is 9.92. The minimum atomic E-state index is -0.308. The molecule has 4 nitrogen and oxygen atoms in total. The van der Waals surface area contributed by atoms with Crippen molar-refractivity contribution in [1.82, 2.24) is 9.88 Å². The zero-order valence-electron chi connectivity index (χ0n) is 17.7. The molecule has 2 aromatic carbocycles. The fourth-order valence-corrected chi connectivity index (χ4v) is 5.54. The van der Waals surface area contributed by atoms with Gasteiger partial charge in [0.1, 0.15) is 5.03 Å². The third kappa shape index (κ3) is 5.20. The van der Waals surface area contributed by atoms with Crippen molar-refractivity contribution >= 4 is 34.6 Å². The number of carbonyl (C=O) groups is 1. The third-order valence-electron chi connectivity index (χ3n) is 5.00. The van der Waals surface area contributed by atoms with E-state index < -0.39 is 0 Å². The van der Waals surface area contributed by atoms with Crippen molar-refractivity contribution in [3.05, 3.63) is 90.1 Å². The van der Waals surface area contributed by atoms with Crippen LogP contribution in [0.15, 0.2) is 93.9 Å². The zero-order chi connectivity index (χ0) is 21.7. The molecule has 1 aliphatic rings. The molecule has 158 valence electrons. The lowest BCUT2D eigenvalue weighted by atomic mass is 10.1. The molecule has 3 aromatic rings. The first kappa shape index (κ1) is 21.7. The molecule has 4 rings (SSSR count). The summed E-state index contributed by atoms with van der Waals surface area (Å²) in [6.07, 6.45) is 2.59. The van der Waals surface area contributed by atoms with Crippen molar-refractivity contribution in [2.24, 2.45) is 4.99 Å². The standard InChI is InChI=1S/C25H25N3OS2/c1-25(2)18-30-24(27-17-15-19-10-5-3-6-11-19)28(25)23(29)21-14-9-16-26-22(21)31-20-12-7-4-8-13-20/h3-14,16H,15,17-18H2,1-2H3. The Morgan fingerprint density at radius 2 is 1.77 bits per heavy atom. The number of aliphatic imine (C=N–C) groups is 1. The van der Waals surface area contributed by atoms with Crippen LogP contribution in [-0.4, -0.2) is 38.8 Å². The highest BCUT2D eigenvalue weighted by Gasteiger charge is 2.42. The summed E-state index contributed by atoms with van der Waals surface area (Å²) in [5, 5.41) is 1.51. The maximum Gasteiger partial charge on any atom is 0.263 e. The van der Waals surface area contributed by atoms with E-state index >= 15 is 0 Å². The lowest BCUT2D eigenvalue weighted by Crippen LogP contribution is -2.46. The summed E-state index contributed by atoms with van der Waals surface area (Å²) in [6.45, 7) is 4.85. The molecule has 0 radical (unpaired) electrons. The summed E-state index contributed by atoms with van der Waals surface area (Å²) in [5.41, 5.74) is 1.56. The molecular formula is C25H25N3OS2. The Balaban J connectivity index is 1.57. The van der Waals surface area contributed by atoms with E-state index in [1.807, 2.05) is 65.6 Å². The van der Waals surface area contributed by atoms with Crippen molar-refractivity contribution < 1.29 is 4.79 Å². The summed E-state index contributed by atoms with van der Waals surface area (Å²) in [5.74, 6) is 0.782. The largest absolute Gasteiger partial charge is 0.281 e. The van der Waals surface area contributed by atoms with E-state index in [4.69, 9.17) is 4.99 Å². The summed E-state index contributed by atoms with van der Waals surface area (Å²) in [6, 6.07) is 24.0. The van der Waals surface area contributed by atoms with Crippen molar-refractivity contribution in [3.8, 4) is 0 Å². The summed E-state index contributed by atoms with van der Waals surface area (Å²) in [7, 11) is 0. The van der Waals surface area contributed by atoms with Gasteiger partial charge in [0.15, 0.2) is 5.17 Å². The topological polar surface area (TPSA) is 45.6 Å². The maximum absolute atomic E-state index is 13.7. The molecule has 1 aliphatic heterocycles. The Morgan fingerprint density at radius 1 is 1.06 bits per heavy atom. The van der Waals surface area contributed by atoms with Crippen LogP contribution in [0.5, 0.6) is 0 Å². The molecule has 6 heteroatoms. The fourth-order valence-electron chi connectivity index (χ4n) is 3.39. The van der Waals surface area contributed by atoms with Gasteiger partial charge >= 0.3 is 0 Å². The van der Waals surface area contributed by atoms with Crippen molar-refractivity contribution in [1.29, 1.82) is 0 Å². The maximum atomic E-state index is 13.7. The van der Waals surface area contributed by atoms with Gasteiger partial charge in [-0.3, -0.25) is 14.7 Å². The van der Waals surface area contributed by atoms with Gasteiger partial charge in [0, 0.05) is 23.4 Å². The first-order valence-electron chi connectivity index (χ1n) is 10.3. The van der Waals surface area contributed by atoms with Crippen LogP contribution in [0.2, 0.25) is 0 Å². The van der Waals surface area contributed by atoms with Crippen LogP contribution < -0.4 is 0 Å². The highest BCUT2D eigenvalue weighted by atomic mass is 32.2. The number of hydrogen-bond acceptors (Lipinski definition) is 5. The van der Waals surface area contributed by atoms with Crippen LogP contribution in [0.3, 0.4) is 0 Å². The van der Waals surface area contributed by atoms with Gasteiger partial charge in [-0.25, -0.2) is 4.98 Å². The predicted octanol–water partition coefficient (Wildman–Crippen LogP) is 5.80. The molecule has 0 saturated carbocycles. The Kier molecular flexibility index (Phi) is 6.78. The summed E-state index contributed by atoms with van der Waals surface area (Å²) < 4.78 is 0. The molecule has 0 unspecified atom stereocenters. The van der Waals surface area contributed by atoms with E-state index in [0.29, 0.717) is 12.1 Å². The molecule has 2 heterocycles. The Labute approximate surface area is 192 Å². The Hall–Kier alpha value is -2.57. The van der Waals surface area contributed by atoms with Gasteiger partial charge in [-0.05, 0) is 50.1 Å². The monoisotopic (exact) mass is 447 g/mol. The van der Waals surface area contributed by atoms with E-state index in [2.05, 4.69) is 31.0 Å². The number of pyridine rings is 1. The zero-order valence-corrected chi connectivity index (χ0v) is 19.3. The summed E-state index contributed by atoms with van der Waals surface area (Å²) in [4.78, 5) is 25.9. The van der Waals surface area contributed by atoms with Gasteiger partial charge in [0.2, 0.25) is 0 Å². The lowest BCUT2D eigenvalue weighted by molar-refractivity contribution is 0.0762. The van der Waals surface area contributed by atoms with E-state index in [1.54, 1.807) is 18.0 Å². The van der Waals surface area contributed by atoms with Crippen LogP contribution in [0.1, 0.15) is 29.8 Å². The molecule has 0 spiro atoms. The van der Waals surface area contributed by atoms with E-state index in [9.17, 15) is 4.79 Å². The number of thioether (sulfide) groups is 1. The molecule has 0 aliphatic carbocycles. The highest BCUT2D eigenvalue weighted by molar-refractivity contribution is 8.14. The number of nitrogens with zero attached hydrogens (tertiary/aromatic N) is 3. The van der Waals surface area contributed by atoms with Gasteiger partial charge in [-0.15, -0.1) is 0 Å². The number of amidine groups is 1. The summed E-state index contributed by atoms with van der Waals surface area (Å²) >= 11 is 3.17. The number of amides is 1.